The zero-order chi connectivity index (χ0) is 17.8. The Bertz CT molecular complexity index is 805. The predicted molar refractivity (Wildman–Crippen MR) is 97.0 cm³/mol. The maximum atomic E-state index is 12.6. The molecule has 1 amide bonds. The van der Waals surface area contributed by atoms with E-state index in [-0.39, 0.29) is 11.5 Å². The summed E-state index contributed by atoms with van der Waals surface area (Å²) < 4.78 is 6.88. The predicted octanol–water partition coefficient (Wildman–Crippen LogP) is 2.49. The highest BCUT2D eigenvalue weighted by molar-refractivity contribution is 5.93. The van der Waals surface area contributed by atoms with Gasteiger partial charge in [0.2, 0.25) is 5.56 Å². The van der Waals surface area contributed by atoms with Gasteiger partial charge in [-0.05, 0) is 42.9 Å². The van der Waals surface area contributed by atoms with Gasteiger partial charge in [0, 0.05) is 32.4 Å². The lowest BCUT2D eigenvalue weighted by Gasteiger charge is -2.32. The molecule has 5 heteroatoms. The van der Waals surface area contributed by atoms with Crippen molar-refractivity contribution in [2.24, 2.45) is 13.0 Å². The third-order valence-corrected chi connectivity index (χ3v) is 4.94. The summed E-state index contributed by atoms with van der Waals surface area (Å²) in [6.07, 6.45) is 4.56. The SMILES string of the molecule is COc1ccccc1CC1CCN(C(=O)c2ccc(=O)n(C)c2)CC1. The number of methoxy groups -OCH3 is 1. The summed E-state index contributed by atoms with van der Waals surface area (Å²) in [6.45, 7) is 1.50. The molecule has 1 aromatic carbocycles. The Labute approximate surface area is 147 Å². The number of pyridine rings is 1. The van der Waals surface area contributed by atoms with Crippen LogP contribution in [0.15, 0.2) is 47.4 Å². The average molecular weight is 340 g/mol. The summed E-state index contributed by atoms with van der Waals surface area (Å²) in [7, 11) is 3.37. The molecule has 1 saturated heterocycles. The number of aromatic nitrogens is 1. The van der Waals surface area contributed by atoms with Gasteiger partial charge >= 0.3 is 0 Å². The van der Waals surface area contributed by atoms with Crippen molar-refractivity contribution in [1.29, 1.82) is 0 Å². The van der Waals surface area contributed by atoms with Crippen molar-refractivity contribution in [3.8, 4) is 5.75 Å². The second kappa shape index (κ2) is 7.55. The van der Waals surface area contributed by atoms with Crippen molar-refractivity contribution in [3.63, 3.8) is 0 Å². The topological polar surface area (TPSA) is 51.5 Å². The number of benzene rings is 1. The Morgan fingerprint density at radius 1 is 1.16 bits per heavy atom. The van der Waals surface area contributed by atoms with E-state index in [1.165, 1.54) is 16.2 Å². The number of amides is 1. The fraction of sp³-hybridized carbons (Fsp3) is 0.400. The molecule has 1 aliphatic heterocycles. The minimum atomic E-state index is -0.105. The summed E-state index contributed by atoms with van der Waals surface area (Å²) in [5, 5.41) is 0. The Kier molecular flexibility index (Phi) is 5.22. The van der Waals surface area contributed by atoms with Gasteiger partial charge in [-0.3, -0.25) is 9.59 Å². The highest BCUT2D eigenvalue weighted by Crippen LogP contribution is 2.27. The first-order valence-corrected chi connectivity index (χ1v) is 8.66. The highest BCUT2D eigenvalue weighted by Gasteiger charge is 2.24. The number of para-hydroxylation sites is 1. The van der Waals surface area contributed by atoms with E-state index in [9.17, 15) is 9.59 Å². The van der Waals surface area contributed by atoms with Crippen LogP contribution in [0.4, 0.5) is 0 Å². The van der Waals surface area contributed by atoms with E-state index in [0.29, 0.717) is 11.5 Å². The maximum absolute atomic E-state index is 12.6. The van der Waals surface area contributed by atoms with Crippen molar-refractivity contribution in [3.05, 3.63) is 64.1 Å². The molecule has 0 bridgehead atoms. The summed E-state index contributed by atoms with van der Waals surface area (Å²) in [6, 6.07) is 11.2. The molecule has 0 spiro atoms. The monoisotopic (exact) mass is 340 g/mol. The van der Waals surface area contributed by atoms with Crippen molar-refractivity contribution < 1.29 is 9.53 Å². The van der Waals surface area contributed by atoms with Crippen LogP contribution < -0.4 is 10.3 Å². The average Bonchev–Trinajstić information content (AvgIpc) is 2.64. The van der Waals surface area contributed by atoms with Crippen molar-refractivity contribution in [2.75, 3.05) is 20.2 Å². The number of hydrogen-bond donors (Lipinski definition) is 0. The van der Waals surface area contributed by atoms with Gasteiger partial charge in [0.05, 0.1) is 12.7 Å². The number of carbonyl (C=O) groups excluding carboxylic acids is 1. The van der Waals surface area contributed by atoms with Crippen LogP contribution in [0.2, 0.25) is 0 Å². The lowest BCUT2D eigenvalue weighted by Crippen LogP contribution is -2.39. The van der Waals surface area contributed by atoms with E-state index in [1.54, 1.807) is 26.4 Å². The molecule has 0 unspecified atom stereocenters. The van der Waals surface area contributed by atoms with Crippen LogP contribution in [0, 0.1) is 5.92 Å². The molecule has 0 aliphatic carbocycles. The van der Waals surface area contributed by atoms with E-state index < -0.39 is 0 Å². The van der Waals surface area contributed by atoms with Crippen LogP contribution in [-0.2, 0) is 13.5 Å². The molecule has 3 rings (SSSR count). The molecule has 5 nitrogen and oxygen atoms in total. The van der Waals surface area contributed by atoms with Gasteiger partial charge in [-0.1, -0.05) is 18.2 Å². The fourth-order valence-corrected chi connectivity index (χ4v) is 3.43. The molecule has 1 fully saturated rings. The molecule has 0 radical (unpaired) electrons. The number of rotatable bonds is 4. The van der Waals surface area contributed by atoms with Gasteiger partial charge in [0.15, 0.2) is 0 Å². The van der Waals surface area contributed by atoms with E-state index >= 15 is 0 Å². The summed E-state index contributed by atoms with van der Waals surface area (Å²) >= 11 is 0. The van der Waals surface area contributed by atoms with Crippen LogP contribution in [0.3, 0.4) is 0 Å². The van der Waals surface area contributed by atoms with Crippen LogP contribution in [0.1, 0.15) is 28.8 Å². The van der Waals surface area contributed by atoms with Gasteiger partial charge < -0.3 is 14.2 Å². The quantitative estimate of drug-likeness (QED) is 0.859. The Morgan fingerprint density at radius 3 is 2.56 bits per heavy atom. The molecular weight excluding hydrogens is 316 g/mol. The van der Waals surface area contributed by atoms with Crippen LogP contribution in [-0.4, -0.2) is 35.6 Å². The van der Waals surface area contributed by atoms with E-state index in [4.69, 9.17) is 4.74 Å². The van der Waals surface area contributed by atoms with Gasteiger partial charge in [0.1, 0.15) is 5.75 Å². The van der Waals surface area contributed by atoms with Gasteiger partial charge in [-0.15, -0.1) is 0 Å². The molecule has 0 saturated carbocycles. The van der Waals surface area contributed by atoms with Gasteiger partial charge in [0.25, 0.3) is 5.91 Å². The van der Waals surface area contributed by atoms with E-state index in [1.807, 2.05) is 23.1 Å². The molecule has 1 aliphatic rings. The third-order valence-electron chi connectivity index (χ3n) is 4.94. The van der Waals surface area contributed by atoms with Crippen LogP contribution >= 0.6 is 0 Å². The smallest absolute Gasteiger partial charge is 0.255 e. The van der Waals surface area contributed by atoms with Crippen molar-refractivity contribution in [2.45, 2.75) is 19.3 Å². The van der Waals surface area contributed by atoms with Crippen molar-refractivity contribution >= 4 is 5.91 Å². The minimum Gasteiger partial charge on any atom is -0.496 e. The lowest BCUT2D eigenvalue weighted by molar-refractivity contribution is 0.0689. The fourth-order valence-electron chi connectivity index (χ4n) is 3.43. The molecule has 25 heavy (non-hydrogen) atoms. The largest absolute Gasteiger partial charge is 0.496 e. The first-order chi connectivity index (χ1) is 12.1. The van der Waals surface area contributed by atoms with Gasteiger partial charge in [-0.2, -0.15) is 0 Å². The van der Waals surface area contributed by atoms with E-state index in [2.05, 4.69) is 6.07 Å². The molecule has 1 aromatic heterocycles. The molecule has 2 heterocycles. The number of piperidine rings is 1. The number of aryl methyl sites for hydroxylation is 1. The molecule has 0 atom stereocenters. The second-order valence-corrected chi connectivity index (χ2v) is 6.62. The Morgan fingerprint density at radius 2 is 1.88 bits per heavy atom. The summed E-state index contributed by atoms with van der Waals surface area (Å²) in [5.74, 6) is 1.50. The number of carbonyl (C=O) groups is 1. The number of ether oxygens (including phenoxy) is 1. The number of nitrogens with zero attached hydrogens (tertiary/aromatic N) is 2. The Balaban J connectivity index is 1.60. The first kappa shape index (κ1) is 17.3. The van der Waals surface area contributed by atoms with Crippen molar-refractivity contribution in [1.82, 2.24) is 9.47 Å². The highest BCUT2D eigenvalue weighted by atomic mass is 16.5. The zero-order valence-electron chi connectivity index (χ0n) is 14.8. The van der Waals surface area contributed by atoms with Crippen LogP contribution in [0.25, 0.3) is 0 Å². The van der Waals surface area contributed by atoms with E-state index in [0.717, 1.165) is 38.1 Å². The lowest BCUT2D eigenvalue weighted by atomic mass is 9.89. The molecule has 0 N–H and O–H groups in total. The van der Waals surface area contributed by atoms with Crippen LogP contribution in [0.5, 0.6) is 5.75 Å². The first-order valence-electron chi connectivity index (χ1n) is 8.66. The molecular formula is C20H24N2O3. The normalized spacial score (nSPS) is 15.2. The minimum absolute atomic E-state index is 0.00587. The van der Waals surface area contributed by atoms with Gasteiger partial charge in [-0.25, -0.2) is 0 Å². The second-order valence-electron chi connectivity index (χ2n) is 6.62. The summed E-state index contributed by atoms with van der Waals surface area (Å²) in [5.41, 5.74) is 1.70. The third kappa shape index (κ3) is 3.92. The molecule has 132 valence electrons. The summed E-state index contributed by atoms with van der Waals surface area (Å²) in [4.78, 5) is 26.0. The maximum Gasteiger partial charge on any atom is 0.255 e. The number of hydrogen-bond acceptors (Lipinski definition) is 3. The standard InChI is InChI=1S/C20H24N2O3/c1-21-14-17(7-8-19(21)23)20(24)22-11-9-15(10-12-22)13-16-5-3-4-6-18(16)25-2/h3-8,14-15H,9-13H2,1-2H3. The number of likely N-dealkylation sites (tertiary alicyclic amines) is 1. The Hall–Kier alpha value is -2.56. The molecule has 2 aromatic rings. The zero-order valence-corrected chi connectivity index (χ0v) is 14.8.